The predicted molar refractivity (Wildman–Crippen MR) is 115 cm³/mol. The highest BCUT2D eigenvalue weighted by molar-refractivity contribution is 6.89. The van der Waals surface area contributed by atoms with Crippen LogP contribution < -0.4 is 5.19 Å². The van der Waals surface area contributed by atoms with Crippen molar-refractivity contribution < 1.29 is 0 Å². The number of hydrogen-bond acceptors (Lipinski definition) is 0. The summed E-state index contributed by atoms with van der Waals surface area (Å²) >= 11 is 0. The summed E-state index contributed by atoms with van der Waals surface area (Å²) < 4.78 is 0. The van der Waals surface area contributed by atoms with Crippen molar-refractivity contribution in [1.82, 2.24) is 0 Å². The lowest BCUT2D eigenvalue weighted by molar-refractivity contribution is 0.661. The molecule has 24 heavy (non-hydrogen) atoms. The van der Waals surface area contributed by atoms with Crippen LogP contribution in [0.1, 0.15) is 81.9 Å². The van der Waals surface area contributed by atoms with Crippen LogP contribution in [0, 0.1) is 0 Å². The van der Waals surface area contributed by atoms with Gasteiger partial charge in [-0.1, -0.05) is 96.8 Å². The summed E-state index contributed by atoms with van der Waals surface area (Å²) in [4.78, 5) is 0. The van der Waals surface area contributed by atoms with E-state index in [4.69, 9.17) is 0 Å². The first-order valence-electron chi connectivity index (χ1n) is 10.2. The Balaban J connectivity index is 3.01. The average molecular weight is 345 g/mol. The van der Waals surface area contributed by atoms with Gasteiger partial charge in [-0.05, 0) is 47.6 Å². The number of rotatable bonds is 12. The Bertz CT molecular complexity index is 493. The van der Waals surface area contributed by atoms with Crippen molar-refractivity contribution in [2.24, 2.45) is 0 Å². The molecular formula is C23H40Si. The zero-order valence-corrected chi connectivity index (χ0v) is 18.0. The summed E-state index contributed by atoms with van der Waals surface area (Å²) in [5.41, 5.74) is 4.59. The first-order chi connectivity index (χ1) is 11.4. The fraction of sp³-hybridized carbons (Fsp3) is 0.652. The highest BCUT2D eigenvalue weighted by atomic mass is 28.3. The van der Waals surface area contributed by atoms with Gasteiger partial charge in [0.05, 0.1) is 8.07 Å². The largest absolute Gasteiger partial charge is 0.0985 e. The highest BCUT2D eigenvalue weighted by Gasteiger charge is 2.23. The Morgan fingerprint density at radius 2 is 1.42 bits per heavy atom. The average Bonchev–Trinajstić information content (AvgIpc) is 2.54. The molecule has 0 spiro atoms. The molecule has 0 N–H and O–H groups in total. The third-order valence-electron chi connectivity index (χ3n) is 4.90. The van der Waals surface area contributed by atoms with Crippen LogP contribution in [-0.2, 0) is 12.8 Å². The van der Waals surface area contributed by atoms with E-state index in [0.717, 1.165) is 0 Å². The number of benzene rings is 1. The Morgan fingerprint density at radius 3 is 1.92 bits per heavy atom. The first-order valence-corrected chi connectivity index (χ1v) is 13.7. The molecule has 1 rings (SSSR count). The van der Waals surface area contributed by atoms with E-state index in [0.29, 0.717) is 0 Å². The van der Waals surface area contributed by atoms with Gasteiger partial charge in [0.1, 0.15) is 0 Å². The van der Waals surface area contributed by atoms with Gasteiger partial charge in [-0.2, -0.15) is 0 Å². The van der Waals surface area contributed by atoms with Crippen LogP contribution in [-0.4, -0.2) is 8.07 Å². The summed E-state index contributed by atoms with van der Waals surface area (Å²) in [5, 5.41) is 1.66. The molecule has 0 aliphatic heterocycles. The molecule has 0 saturated heterocycles. The van der Waals surface area contributed by atoms with Gasteiger partial charge in [-0.25, -0.2) is 0 Å². The van der Waals surface area contributed by atoms with Gasteiger partial charge in [0.25, 0.3) is 0 Å². The molecule has 0 amide bonds. The van der Waals surface area contributed by atoms with Crippen LogP contribution in [0.4, 0.5) is 0 Å². The quantitative estimate of drug-likeness (QED) is 0.280. The van der Waals surface area contributed by atoms with Gasteiger partial charge < -0.3 is 0 Å². The fourth-order valence-electron chi connectivity index (χ4n) is 3.71. The summed E-state index contributed by atoms with van der Waals surface area (Å²) in [5.74, 6) is 0. The topological polar surface area (TPSA) is 0 Å². The maximum Gasteiger partial charge on any atom is 0.0787 e. The molecule has 0 bridgehead atoms. The maximum atomic E-state index is 4.13. The predicted octanol–water partition coefficient (Wildman–Crippen LogP) is 7.12. The van der Waals surface area contributed by atoms with Crippen LogP contribution in [0.25, 0.3) is 6.08 Å². The summed E-state index contributed by atoms with van der Waals surface area (Å²) in [6, 6.07) is 4.97. The maximum absolute atomic E-state index is 4.13. The number of aryl methyl sites for hydroxylation is 2. The molecule has 0 aromatic heterocycles. The molecule has 0 saturated carbocycles. The first kappa shape index (κ1) is 21.2. The van der Waals surface area contributed by atoms with Crippen LogP contribution in [0.15, 0.2) is 18.7 Å². The molecule has 0 radical (unpaired) electrons. The minimum atomic E-state index is -1.35. The molecule has 0 heterocycles. The minimum absolute atomic E-state index is 1.23. The van der Waals surface area contributed by atoms with E-state index in [1.54, 1.807) is 10.8 Å². The molecule has 1 heteroatoms. The molecule has 0 unspecified atom stereocenters. The van der Waals surface area contributed by atoms with Crippen molar-refractivity contribution in [3.63, 3.8) is 0 Å². The van der Waals surface area contributed by atoms with E-state index in [9.17, 15) is 0 Å². The summed E-state index contributed by atoms with van der Waals surface area (Å²) in [6.45, 7) is 16.1. The second-order valence-electron chi connectivity index (χ2n) is 8.29. The van der Waals surface area contributed by atoms with Crippen molar-refractivity contribution in [3.8, 4) is 0 Å². The Labute approximate surface area is 152 Å². The second-order valence-corrected chi connectivity index (χ2v) is 13.3. The van der Waals surface area contributed by atoms with E-state index >= 15 is 0 Å². The van der Waals surface area contributed by atoms with E-state index < -0.39 is 8.07 Å². The normalized spacial score (nSPS) is 11.7. The van der Waals surface area contributed by atoms with E-state index in [1.165, 1.54) is 75.3 Å². The van der Waals surface area contributed by atoms with E-state index in [2.05, 4.69) is 58.3 Å². The second kappa shape index (κ2) is 10.9. The molecule has 0 atom stereocenters. The van der Waals surface area contributed by atoms with Crippen LogP contribution in [0.2, 0.25) is 19.6 Å². The monoisotopic (exact) mass is 344 g/mol. The smallest absolute Gasteiger partial charge is 0.0787 e. The van der Waals surface area contributed by atoms with Gasteiger partial charge in [0.15, 0.2) is 0 Å². The Kier molecular flexibility index (Phi) is 9.66. The molecular weight excluding hydrogens is 304 g/mol. The lowest BCUT2D eigenvalue weighted by atomic mass is 9.97. The molecule has 0 aliphatic rings. The number of unbranched alkanes of at least 4 members (excludes halogenated alkanes) is 6. The summed E-state index contributed by atoms with van der Waals surface area (Å²) in [7, 11) is -1.35. The van der Waals surface area contributed by atoms with Crippen LogP contribution >= 0.6 is 0 Å². The van der Waals surface area contributed by atoms with Gasteiger partial charge >= 0.3 is 0 Å². The van der Waals surface area contributed by atoms with E-state index in [-0.39, 0.29) is 0 Å². The molecule has 0 nitrogen and oxygen atoms in total. The van der Waals surface area contributed by atoms with Gasteiger partial charge in [-0.3, -0.25) is 0 Å². The van der Waals surface area contributed by atoms with Crippen LogP contribution in [0.5, 0.6) is 0 Å². The lowest BCUT2D eigenvalue weighted by Gasteiger charge is -2.25. The van der Waals surface area contributed by atoms with Crippen molar-refractivity contribution in [1.29, 1.82) is 0 Å². The van der Waals surface area contributed by atoms with E-state index in [1.807, 2.05) is 0 Å². The highest BCUT2D eigenvalue weighted by Crippen LogP contribution is 2.20. The summed E-state index contributed by atoms with van der Waals surface area (Å²) in [6.07, 6.45) is 15.3. The van der Waals surface area contributed by atoms with Gasteiger partial charge in [0, 0.05) is 0 Å². The minimum Gasteiger partial charge on any atom is -0.0985 e. The Morgan fingerprint density at radius 1 is 0.833 bits per heavy atom. The molecule has 0 aliphatic carbocycles. The lowest BCUT2D eigenvalue weighted by Crippen LogP contribution is -2.42. The fourth-order valence-corrected chi connectivity index (χ4v) is 5.91. The third-order valence-corrected chi connectivity index (χ3v) is 7.01. The molecule has 1 aromatic carbocycles. The standard InChI is InChI=1S/C23H40Si/c1-7-10-12-14-16-20-18-21(9-3)23(24(4,5)6)22(19-20)17-15-13-11-8-2/h9,18-19H,3,7-8,10-17H2,1-2,4-6H3. The van der Waals surface area contributed by atoms with Gasteiger partial charge in [-0.15, -0.1) is 0 Å². The van der Waals surface area contributed by atoms with Crippen molar-refractivity contribution in [2.75, 3.05) is 0 Å². The molecule has 1 aromatic rings. The van der Waals surface area contributed by atoms with Crippen molar-refractivity contribution >= 4 is 19.3 Å². The molecule has 0 fully saturated rings. The number of hydrogen-bond donors (Lipinski definition) is 0. The molecule has 136 valence electrons. The zero-order valence-electron chi connectivity index (χ0n) is 17.0. The van der Waals surface area contributed by atoms with Crippen molar-refractivity contribution in [3.05, 3.63) is 35.4 Å². The zero-order chi connectivity index (χ0) is 18.0. The van der Waals surface area contributed by atoms with Crippen molar-refractivity contribution in [2.45, 2.75) is 97.7 Å². The van der Waals surface area contributed by atoms with Crippen LogP contribution in [0.3, 0.4) is 0 Å². The SMILES string of the molecule is C=Cc1cc(CCCCCC)cc(CCCCCC)c1[Si](C)(C)C. The van der Waals surface area contributed by atoms with Gasteiger partial charge in [0.2, 0.25) is 0 Å². The third kappa shape index (κ3) is 6.97. The Hall–Kier alpha value is -0.823.